The summed E-state index contributed by atoms with van der Waals surface area (Å²) in [5.74, 6) is 1.31. The summed E-state index contributed by atoms with van der Waals surface area (Å²) in [6.07, 6.45) is 3.15. The predicted molar refractivity (Wildman–Crippen MR) is 87.0 cm³/mol. The number of hydrogen-bond acceptors (Lipinski definition) is 2. The van der Waals surface area contributed by atoms with E-state index in [1.807, 2.05) is 0 Å². The first-order valence-electron chi connectivity index (χ1n) is 7.95. The van der Waals surface area contributed by atoms with Crippen LogP contribution in [0.3, 0.4) is 0 Å². The molecule has 0 amide bonds. The minimum atomic E-state index is 0.297. The molecule has 1 aromatic rings. The van der Waals surface area contributed by atoms with Crippen molar-refractivity contribution in [3.8, 4) is 0 Å². The van der Waals surface area contributed by atoms with Gasteiger partial charge in [0.1, 0.15) is 0 Å². The molecule has 116 valence electrons. The van der Waals surface area contributed by atoms with Crippen LogP contribution in [0.25, 0.3) is 0 Å². The van der Waals surface area contributed by atoms with Crippen molar-refractivity contribution in [2.45, 2.75) is 60.9 Å². The Hall–Kier alpha value is -0.830. The van der Waals surface area contributed by atoms with Gasteiger partial charge in [0, 0.05) is 12.2 Å². The third-order valence-corrected chi connectivity index (χ3v) is 3.82. The highest BCUT2D eigenvalue weighted by molar-refractivity contribution is 5.02. The Morgan fingerprint density at radius 2 is 1.80 bits per heavy atom. The van der Waals surface area contributed by atoms with Gasteiger partial charge in [-0.25, -0.2) is 0 Å². The van der Waals surface area contributed by atoms with E-state index in [1.54, 1.807) is 0 Å². The molecule has 1 heterocycles. The normalized spacial score (nSPS) is 14.2. The van der Waals surface area contributed by atoms with E-state index in [2.05, 4.69) is 70.7 Å². The van der Waals surface area contributed by atoms with Crippen LogP contribution >= 0.6 is 0 Å². The first kappa shape index (κ1) is 17.2. The lowest BCUT2D eigenvalue weighted by atomic mass is 9.78. The van der Waals surface area contributed by atoms with Crippen molar-refractivity contribution in [3.05, 3.63) is 18.0 Å². The fourth-order valence-electron chi connectivity index (χ4n) is 2.26. The van der Waals surface area contributed by atoms with Crippen LogP contribution in [0.1, 0.15) is 60.2 Å². The van der Waals surface area contributed by atoms with Crippen molar-refractivity contribution < 1.29 is 0 Å². The lowest BCUT2D eigenvalue weighted by molar-refractivity contribution is 0.226. The molecule has 1 unspecified atom stereocenters. The molecule has 20 heavy (non-hydrogen) atoms. The topological polar surface area (TPSA) is 29.9 Å². The maximum Gasteiger partial charge on any atom is 0.0628 e. The van der Waals surface area contributed by atoms with Gasteiger partial charge in [-0.15, -0.1) is 0 Å². The van der Waals surface area contributed by atoms with Gasteiger partial charge >= 0.3 is 0 Å². The fourth-order valence-corrected chi connectivity index (χ4v) is 2.26. The molecule has 0 aliphatic carbocycles. The number of aromatic nitrogens is 2. The summed E-state index contributed by atoms with van der Waals surface area (Å²) >= 11 is 0. The summed E-state index contributed by atoms with van der Waals surface area (Å²) in [5, 5.41) is 8.30. The molecule has 0 bridgehead atoms. The lowest BCUT2D eigenvalue weighted by Gasteiger charge is -2.31. The van der Waals surface area contributed by atoms with Crippen LogP contribution in [0.15, 0.2) is 12.3 Å². The summed E-state index contributed by atoms with van der Waals surface area (Å²) in [5.41, 5.74) is 1.51. The Morgan fingerprint density at radius 1 is 1.15 bits per heavy atom. The Bertz CT molecular complexity index is 385. The molecule has 0 aliphatic heterocycles. The Kier molecular flexibility index (Phi) is 6.25. The first-order chi connectivity index (χ1) is 9.20. The SMILES string of the molecule is CC(C)CNCC(Cc1ccn(C(C)C)n1)C(C)(C)C. The van der Waals surface area contributed by atoms with Gasteiger partial charge in [-0.3, -0.25) is 4.68 Å². The molecule has 1 rings (SSSR count). The molecular formula is C17H33N3. The van der Waals surface area contributed by atoms with Crippen molar-refractivity contribution in [1.29, 1.82) is 0 Å². The van der Waals surface area contributed by atoms with Gasteiger partial charge in [-0.1, -0.05) is 34.6 Å². The minimum absolute atomic E-state index is 0.297. The molecule has 1 N–H and O–H groups in total. The molecule has 0 saturated carbocycles. The highest BCUT2D eigenvalue weighted by Crippen LogP contribution is 2.28. The highest BCUT2D eigenvalue weighted by atomic mass is 15.3. The zero-order chi connectivity index (χ0) is 15.3. The molecule has 3 nitrogen and oxygen atoms in total. The third kappa shape index (κ3) is 5.66. The van der Waals surface area contributed by atoms with Crippen LogP contribution in [0, 0.1) is 17.3 Å². The van der Waals surface area contributed by atoms with E-state index in [0.29, 0.717) is 23.3 Å². The van der Waals surface area contributed by atoms with E-state index in [1.165, 1.54) is 5.69 Å². The first-order valence-corrected chi connectivity index (χ1v) is 7.95. The van der Waals surface area contributed by atoms with E-state index in [0.717, 1.165) is 19.5 Å². The largest absolute Gasteiger partial charge is 0.316 e. The summed E-state index contributed by atoms with van der Waals surface area (Å²) in [7, 11) is 0. The van der Waals surface area contributed by atoms with Crippen LogP contribution in [-0.4, -0.2) is 22.9 Å². The quantitative estimate of drug-likeness (QED) is 0.820. The van der Waals surface area contributed by atoms with Crippen LogP contribution < -0.4 is 5.32 Å². The number of nitrogens with zero attached hydrogens (tertiary/aromatic N) is 2. The molecule has 0 radical (unpaired) electrons. The van der Waals surface area contributed by atoms with Gasteiger partial charge < -0.3 is 5.32 Å². The van der Waals surface area contributed by atoms with Gasteiger partial charge in [0.15, 0.2) is 0 Å². The average molecular weight is 279 g/mol. The summed E-state index contributed by atoms with van der Waals surface area (Å²) < 4.78 is 2.05. The smallest absolute Gasteiger partial charge is 0.0628 e. The minimum Gasteiger partial charge on any atom is -0.316 e. The van der Waals surface area contributed by atoms with E-state index < -0.39 is 0 Å². The molecule has 0 fully saturated rings. The van der Waals surface area contributed by atoms with E-state index in [9.17, 15) is 0 Å². The molecule has 0 aromatic carbocycles. The second kappa shape index (κ2) is 7.26. The Morgan fingerprint density at radius 3 is 2.25 bits per heavy atom. The van der Waals surface area contributed by atoms with Gasteiger partial charge in [0.25, 0.3) is 0 Å². The third-order valence-electron chi connectivity index (χ3n) is 3.82. The molecule has 0 saturated heterocycles. The van der Waals surface area contributed by atoms with Crippen molar-refractivity contribution in [2.75, 3.05) is 13.1 Å². The molecule has 0 spiro atoms. The predicted octanol–water partition coefficient (Wildman–Crippen LogP) is 3.91. The summed E-state index contributed by atoms with van der Waals surface area (Å²) in [6.45, 7) is 18.0. The van der Waals surface area contributed by atoms with Crippen LogP contribution in [0.4, 0.5) is 0 Å². The molecule has 1 atom stereocenters. The zero-order valence-electron chi connectivity index (χ0n) is 14.4. The van der Waals surface area contributed by atoms with E-state index >= 15 is 0 Å². The van der Waals surface area contributed by atoms with Crippen LogP contribution in [0.5, 0.6) is 0 Å². The van der Waals surface area contributed by atoms with Crippen molar-refractivity contribution in [2.24, 2.45) is 17.3 Å². The van der Waals surface area contributed by atoms with Crippen molar-refractivity contribution >= 4 is 0 Å². The Balaban J connectivity index is 2.64. The van der Waals surface area contributed by atoms with Crippen LogP contribution in [0.2, 0.25) is 0 Å². The standard InChI is InChI=1S/C17H33N3/c1-13(2)11-18-12-15(17(5,6)7)10-16-8-9-20(19-16)14(3)4/h8-9,13-15,18H,10-12H2,1-7H3. The fraction of sp³-hybridized carbons (Fsp3) is 0.824. The molecule has 3 heteroatoms. The molecule has 1 aromatic heterocycles. The number of hydrogen-bond donors (Lipinski definition) is 1. The van der Waals surface area contributed by atoms with Gasteiger partial charge in [0.05, 0.1) is 5.69 Å². The van der Waals surface area contributed by atoms with Gasteiger partial charge in [0.2, 0.25) is 0 Å². The second-order valence-corrected chi connectivity index (χ2v) is 7.70. The van der Waals surface area contributed by atoms with Crippen LogP contribution in [-0.2, 0) is 6.42 Å². The highest BCUT2D eigenvalue weighted by Gasteiger charge is 2.25. The zero-order valence-corrected chi connectivity index (χ0v) is 14.4. The van der Waals surface area contributed by atoms with E-state index in [-0.39, 0.29) is 0 Å². The number of rotatable bonds is 7. The second-order valence-electron chi connectivity index (χ2n) is 7.70. The maximum absolute atomic E-state index is 4.70. The monoisotopic (exact) mass is 279 g/mol. The summed E-state index contributed by atoms with van der Waals surface area (Å²) in [6, 6.07) is 2.61. The van der Waals surface area contributed by atoms with Gasteiger partial charge in [-0.05, 0) is 56.7 Å². The van der Waals surface area contributed by atoms with Gasteiger partial charge in [-0.2, -0.15) is 5.10 Å². The molecule has 0 aliphatic rings. The Labute approximate surface area is 125 Å². The summed E-state index contributed by atoms with van der Waals surface area (Å²) in [4.78, 5) is 0. The van der Waals surface area contributed by atoms with Crippen molar-refractivity contribution in [3.63, 3.8) is 0 Å². The lowest BCUT2D eigenvalue weighted by Crippen LogP contribution is -2.35. The van der Waals surface area contributed by atoms with Crippen molar-refractivity contribution in [1.82, 2.24) is 15.1 Å². The number of nitrogens with one attached hydrogen (secondary N) is 1. The van der Waals surface area contributed by atoms with E-state index in [4.69, 9.17) is 5.10 Å². The maximum atomic E-state index is 4.70. The molecular weight excluding hydrogens is 246 g/mol. The average Bonchev–Trinajstić information content (AvgIpc) is 2.74.